The van der Waals surface area contributed by atoms with E-state index in [0.717, 1.165) is 22.3 Å². The molecule has 5 rings (SSSR count). The largest absolute Gasteiger partial charge is 0.377 e. The van der Waals surface area contributed by atoms with Crippen molar-refractivity contribution in [3.8, 4) is 11.4 Å². The van der Waals surface area contributed by atoms with E-state index in [0.29, 0.717) is 42.4 Å². The van der Waals surface area contributed by atoms with Crippen LogP contribution in [0.5, 0.6) is 0 Å². The molecule has 5 heterocycles. The maximum atomic E-state index is 12.4. The number of nitrogens with zero attached hydrogens (tertiary/aromatic N) is 5. The van der Waals surface area contributed by atoms with Gasteiger partial charge >= 0.3 is 0 Å². The van der Waals surface area contributed by atoms with Crippen LogP contribution in [0.15, 0.2) is 30.6 Å². The molecule has 156 valence electrons. The lowest BCUT2D eigenvalue weighted by Crippen LogP contribution is -2.44. The normalized spacial score (nSPS) is 17.8. The molecule has 1 atom stereocenters. The molecule has 0 aromatic carbocycles. The van der Waals surface area contributed by atoms with Crippen molar-refractivity contribution in [1.29, 1.82) is 0 Å². The second-order valence-corrected chi connectivity index (χ2v) is 9.51. The third kappa shape index (κ3) is 3.03. The maximum absolute atomic E-state index is 12.4. The fourth-order valence-electron chi connectivity index (χ4n) is 3.98. The van der Waals surface area contributed by atoms with Gasteiger partial charge in [-0.3, -0.25) is 0 Å². The number of hydrogen-bond acceptors (Lipinski definition) is 7. The Morgan fingerprint density at radius 1 is 1.20 bits per heavy atom. The standard InChI is InChI=1S/C20H22N6O3S/c1-12-10-16(14-4-6-21-17(14)22-12)18-23-19(25-8-9-29-11-13(25)2)15-5-7-26(20(15)24-18)30(3,27)28/h4-7,10,13H,8-9,11H2,1-3H3,(H,21,22)/t13-/m1/s1. The van der Waals surface area contributed by atoms with Crippen LogP contribution in [0.25, 0.3) is 33.5 Å². The van der Waals surface area contributed by atoms with Crippen LogP contribution in [-0.4, -0.2) is 64.4 Å². The summed E-state index contributed by atoms with van der Waals surface area (Å²) in [5.74, 6) is 1.18. The van der Waals surface area contributed by atoms with Gasteiger partial charge in [-0.2, -0.15) is 0 Å². The van der Waals surface area contributed by atoms with Crippen molar-refractivity contribution >= 4 is 37.9 Å². The molecule has 0 saturated carbocycles. The first-order chi connectivity index (χ1) is 14.3. The molecule has 0 radical (unpaired) electrons. The van der Waals surface area contributed by atoms with E-state index in [2.05, 4.69) is 21.8 Å². The molecule has 1 aliphatic rings. The molecule has 1 saturated heterocycles. The topological polar surface area (TPSA) is 106 Å². The number of morpholine rings is 1. The van der Waals surface area contributed by atoms with Gasteiger partial charge in [-0.25, -0.2) is 27.3 Å². The summed E-state index contributed by atoms with van der Waals surface area (Å²) in [5.41, 5.74) is 2.75. The number of aryl methyl sites for hydroxylation is 1. The molecule has 0 spiro atoms. The predicted octanol–water partition coefficient (Wildman–Crippen LogP) is 2.32. The van der Waals surface area contributed by atoms with Gasteiger partial charge in [0.15, 0.2) is 11.5 Å². The van der Waals surface area contributed by atoms with Crippen molar-refractivity contribution in [1.82, 2.24) is 23.9 Å². The van der Waals surface area contributed by atoms with E-state index in [4.69, 9.17) is 14.7 Å². The van der Waals surface area contributed by atoms with Gasteiger partial charge in [0.25, 0.3) is 0 Å². The third-order valence-corrected chi connectivity index (χ3v) is 6.39. The molecule has 0 aliphatic carbocycles. The molecule has 0 amide bonds. The maximum Gasteiger partial charge on any atom is 0.237 e. The first-order valence-corrected chi connectivity index (χ1v) is 11.6. The summed E-state index contributed by atoms with van der Waals surface area (Å²) >= 11 is 0. The molecule has 0 bridgehead atoms. The van der Waals surface area contributed by atoms with Gasteiger partial charge in [-0.1, -0.05) is 0 Å². The summed E-state index contributed by atoms with van der Waals surface area (Å²) in [4.78, 5) is 19.4. The lowest BCUT2D eigenvalue weighted by atomic mass is 10.1. The fraction of sp³-hybridized carbons (Fsp3) is 0.350. The van der Waals surface area contributed by atoms with Crippen molar-refractivity contribution in [3.63, 3.8) is 0 Å². The van der Waals surface area contributed by atoms with Gasteiger partial charge in [0, 0.05) is 35.6 Å². The van der Waals surface area contributed by atoms with E-state index in [-0.39, 0.29) is 6.04 Å². The first kappa shape index (κ1) is 19.0. The van der Waals surface area contributed by atoms with E-state index in [1.807, 2.05) is 25.3 Å². The molecule has 4 aromatic rings. The summed E-state index contributed by atoms with van der Waals surface area (Å²) in [6.07, 6.45) is 4.53. The van der Waals surface area contributed by atoms with Crippen LogP contribution in [0, 0.1) is 6.92 Å². The average molecular weight is 427 g/mol. The molecule has 1 aliphatic heterocycles. The van der Waals surface area contributed by atoms with Crippen molar-refractivity contribution in [2.24, 2.45) is 0 Å². The van der Waals surface area contributed by atoms with Gasteiger partial charge in [-0.15, -0.1) is 0 Å². The number of anilines is 1. The molecular formula is C20H22N6O3S. The zero-order valence-corrected chi connectivity index (χ0v) is 17.8. The minimum atomic E-state index is -3.52. The van der Waals surface area contributed by atoms with Crippen LogP contribution in [0.1, 0.15) is 12.6 Å². The molecule has 1 fully saturated rings. The Morgan fingerprint density at radius 3 is 2.80 bits per heavy atom. The van der Waals surface area contributed by atoms with Gasteiger partial charge in [0.05, 0.1) is 30.9 Å². The lowest BCUT2D eigenvalue weighted by molar-refractivity contribution is 0.0987. The van der Waals surface area contributed by atoms with Crippen LogP contribution >= 0.6 is 0 Å². The Morgan fingerprint density at radius 2 is 2.03 bits per heavy atom. The highest BCUT2D eigenvalue weighted by atomic mass is 32.2. The highest BCUT2D eigenvalue weighted by Crippen LogP contribution is 2.33. The van der Waals surface area contributed by atoms with E-state index >= 15 is 0 Å². The van der Waals surface area contributed by atoms with Crippen LogP contribution in [0.2, 0.25) is 0 Å². The number of hydrogen-bond donors (Lipinski definition) is 1. The Labute approximate surface area is 173 Å². The SMILES string of the molecule is Cc1cc(-c2nc(N3CCOC[C@H]3C)c3ccn(S(C)(=O)=O)c3n2)c2cc[nH]c2n1. The summed E-state index contributed by atoms with van der Waals surface area (Å²) < 4.78 is 31.6. The Bertz CT molecular complexity index is 1370. The highest BCUT2D eigenvalue weighted by molar-refractivity contribution is 7.89. The summed E-state index contributed by atoms with van der Waals surface area (Å²) in [5, 5.41) is 1.59. The Hall–Kier alpha value is -2.98. The highest BCUT2D eigenvalue weighted by Gasteiger charge is 2.26. The quantitative estimate of drug-likeness (QED) is 0.536. The number of pyridine rings is 1. The Balaban J connectivity index is 1.83. The minimum Gasteiger partial charge on any atom is -0.377 e. The number of H-pyrrole nitrogens is 1. The van der Waals surface area contributed by atoms with Gasteiger partial charge in [0.1, 0.15) is 11.5 Å². The molecule has 1 N–H and O–H groups in total. The second-order valence-electron chi connectivity index (χ2n) is 7.65. The molecule has 0 unspecified atom stereocenters. The van der Waals surface area contributed by atoms with Crippen LogP contribution in [-0.2, 0) is 14.8 Å². The molecule has 4 aromatic heterocycles. The van der Waals surface area contributed by atoms with Gasteiger partial charge in [-0.05, 0) is 32.0 Å². The van der Waals surface area contributed by atoms with Gasteiger partial charge < -0.3 is 14.6 Å². The van der Waals surface area contributed by atoms with E-state index in [9.17, 15) is 8.42 Å². The summed E-state index contributed by atoms with van der Waals surface area (Å²) in [6.45, 7) is 5.83. The summed E-state index contributed by atoms with van der Waals surface area (Å²) in [7, 11) is -3.52. The minimum absolute atomic E-state index is 0.109. The van der Waals surface area contributed by atoms with E-state index in [1.54, 1.807) is 6.07 Å². The van der Waals surface area contributed by atoms with Crippen LogP contribution < -0.4 is 4.90 Å². The van der Waals surface area contributed by atoms with Crippen LogP contribution in [0.4, 0.5) is 5.82 Å². The fourth-order valence-corrected chi connectivity index (χ4v) is 4.71. The van der Waals surface area contributed by atoms with E-state index in [1.165, 1.54) is 16.4 Å². The monoisotopic (exact) mass is 426 g/mol. The third-order valence-electron chi connectivity index (χ3n) is 5.39. The Kier molecular flexibility index (Phi) is 4.30. The summed E-state index contributed by atoms with van der Waals surface area (Å²) in [6, 6.07) is 5.73. The molecular weight excluding hydrogens is 404 g/mol. The van der Waals surface area contributed by atoms with Crippen molar-refractivity contribution in [2.75, 3.05) is 30.9 Å². The second kappa shape index (κ2) is 6.78. The number of fused-ring (bicyclic) bond motifs is 2. The van der Waals surface area contributed by atoms with Gasteiger partial charge in [0.2, 0.25) is 10.0 Å². The zero-order valence-electron chi connectivity index (χ0n) is 17.0. The zero-order chi connectivity index (χ0) is 21.0. The van der Waals surface area contributed by atoms with Crippen molar-refractivity contribution in [3.05, 3.63) is 36.3 Å². The number of aromatic nitrogens is 5. The van der Waals surface area contributed by atoms with E-state index < -0.39 is 10.0 Å². The molecule has 10 heteroatoms. The first-order valence-electron chi connectivity index (χ1n) is 9.72. The van der Waals surface area contributed by atoms with Crippen molar-refractivity contribution in [2.45, 2.75) is 19.9 Å². The molecule has 30 heavy (non-hydrogen) atoms. The number of ether oxygens (including phenoxy) is 1. The number of rotatable bonds is 3. The van der Waals surface area contributed by atoms with Crippen LogP contribution in [0.3, 0.4) is 0 Å². The number of aromatic amines is 1. The van der Waals surface area contributed by atoms with Crippen molar-refractivity contribution < 1.29 is 13.2 Å². The smallest absolute Gasteiger partial charge is 0.237 e. The number of nitrogens with one attached hydrogen (secondary N) is 1. The molecule has 9 nitrogen and oxygen atoms in total. The predicted molar refractivity (Wildman–Crippen MR) is 115 cm³/mol. The lowest BCUT2D eigenvalue weighted by Gasteiger charge is -2.34. The average Bonchev–Trinajstić information content (AvgIpc) is 3.33.